The van der Waals surface area contributed by atoms with Crippen molar-refractivity contribution in [1.29, 1.82) is 0 Å². The van der Waals surface area contributed by atoms with Gasteiger partial charge in [-0.15, -0.1) is 0 Å². The molecular weight excluding hydrogens is 1510 g/mol. The van der Waals surface area contributed by atoms with Gasteiger partial charge in [0.1, 0.15) is 0 Å². The third-order valence-corrected chi connectivity index (χ3v) is 17.9. The summed E-state index contributed by atoms with van der Waals surface area (Å²) in [5.41, 5.74) is 0. The summed E-state index contributed by atoms with van der Waals surface area (Å²) >= 11 is 0. The van der Waals surface area contributed by atoms with E-state index in [9.17, 15) is 0 Å². The van der Waals surface area contributed by atoms with Crippen molar-refractivity contribution < 1.29 is 0 Å². The average molecular weight is 1680 g/mol. The zero-order valence-electron chi connectivity index (χ0n) is 84.1. The Morgan fingerprint density at radius 2 is 0.143 bits per heavy atom. The second-order valence-corrected chi connectivity index (χ2v) is 23.9. The Kier molecular flexibility index (Phi) is 68.2. The first-order chi connectivity index (χ1) is 62.6. The minimum atomic E-state index is 1.31. The van der Waals surface area contributed by atoms with Crippen LogP contribution in [0.2, 0.25) is 0 Å². The van der Waals surface area contributed by atoms with Gasteiger partial charge in [0, 0.05) is 0 Å². The van der Waals surface area contributed by atoms with Crippen molar-refractivity contribution in [1.82, 2.24) is 0 Å². The summed E-state index contributed by atoms with van der Waals surface area (Å²) in [5.74, 6) is 0. The van der Waals surface area contributed by atoms with Crippen molar-refractivity contribution in [3.8, 4) is 0 Å². The van der Waals surface area contributed by atoms with E-state index in [0.717, 1.165) is 0 Å². The Bertz CT molecular complexity index is 4960. The average Bonchev–Trinajstić information content (AvgIpc) is 0.755. The van der Waals surface area contributed by atoms with E-state index in [1.165, 1.54) is 151 Å². The Labute approximate surface area is 767 Å². The molecule has 0 N–H and O–H groups in total. The van der Waals surface area contributed by atoms with Crippen molar-refractivity contribution in [2.24, 2.45) is 0 Å². The molecule has 0 heterocycles. The lowest BCUT2D eigenvalue weighted by molar-refractivity contribution is 1.50. The van der Waals surface area contributed by atoms with Gasteiger partial charge in [-0.05, 0) is 187 Å². The van der Waals surface area contributed by atoms with Crippen LogP contribution in [-0.4, -0.2) is 0 Å². The zero-order chi connectivity index (χ0) is 94.8. The molecular formula is C126H162. The highest BCUT2D eigenvalue weighted by atomic mass is 14.1. The standard InChI is InChI=1S/2C16H10.3C14H10.2C10H8.16C2H6/c2*1-3-11-7-9-13-5-2-6-14-10-8-12(4-1)15(11)16(13)14;3*1-2-6-12-10-14-8-4-3-7-13(14)9-11(12)5-1;2*1-2-6-10-8-4-3-7-9(10)5-1;16*1-2/h2*1-10H;3*1-10H;2*1-8H;16*1-2H3. The molecule has 21 aromatic carbocycles. The zero-order valence-corrected chi connectivity index (χ0v) is 84.1. The van der Waals surface area contributed by atoms with Crippen LogP contribution in [0.25, 0.3) is 151 Å². The fourth-order valence-corrected chi connectivity index (χ4v) is 13.3. The van der Waals surface area contributed by atoms with E-state index in [1.807, 2.05) is 222 Å². The molecule has 0 radical (unpaired) electrons. The normalized spacial score (nSPS) is 8.95. The molecule has 21 aromatic rings. The fraction of sp³-hybridized carbons (Fsp3) is 0.254. The SMILES string of the molecule is CC.CC.CC.CC.CC.CC.CC.CC.CC.CC.CC.CC.CC.CC.CC.CC.c1cc2ccc3cccc4ccc(c1)c2c34.c1cc2ccc3cccc4ccc(c1)c2c34.c1ccc2cc3ccccc3cc2c1.c1ccc2cc3ccccc3cc2c1.c1ccc2cc3ccccc3cc2c1.c1ccc2ccccc2c1.c1ccc2ccccc2c1. The van der Waals surface area contributed by atoms with Gasteiger partial charge in [0.2, 0.25) is 0 Å². The monoisotopic (exact) mass is 1680 g/mol. The van der Waals surface area contributed by atoms with E-state index in [2.05, 4.69) is 400 Å². The van der Waals surface area contributed by atoms with Crippen LogP contribution in [0.5, 0.6) is 0 Å². The van der Waals surface area contributed by atoms with Crippen LogP contribution in [0.4, 0.5) is 0 Å². The molecule has 0 saturated heterocycles. The molecule has 0 aromatic heterocycles. The Balaban J connectivity index is 0. The molecule has 21 rings (SSSR count). The molecule has 0 aliphatic rings. The quantitative estimate of drug-likeness (QED) is 0.105. The minimum absolute atomic E-state index is 1.31. The summed E-state index contributed by atoms with van der Waals surface area (Å²) in [6, 6.07) is 141. The fourth-order valence-electron chi connectivity index (χ4n) is 13.3. The maximum Gasteiger partial charge on any atom is -0.00268 e. The van der Waals surface area contributed by atoms with Crippen LogP contribution >= 0.6 is 0 Å². The molecule has 0 aliphatic heterocycles. The smallest absolute Gasteiger partial charge is 0.00268 e. The summed E-state index contributed by atoms with van der Waals surface area (Å²) < 4.78 is 0. The summed E-state index contributed by atoms with van der Waals surface area (Å²) in [6.07, 6.45) is 0. The highest BCUT2D eigenvalue weighted by Gasteiger charge is 2.08. The van der Waals surface area contributed by atoms with Crippen LogP contribution in [-0.2, 0) is 0 Å². The molecule has 0 heteroatoms. The predicted molar refractivity (Wildman–Crippen MR) is 594 cm³/mol. The van der Waals surface area contributed by atoms with Crippen LogP contribution in [0.15, 0.2) is 400 Å². The van der Waals surface area contributed by atoms with Crippen molar-refractivity contribution in [3.05, 3.63) is 400 Å². The van der Waals surface area contributed by atoms with Gasteiger partial charge < -0.3 is 0 Å². The van der Waals surface area contributed by atoms with Crippen LogP contribution in [0, 0.1) is 0 Å². The van der Waals surface area contributed by atoms with E-state index in [1.54, 1.807) is 0 Å². The topological polar surface area (TPSA) is 0 Å². The van der Waals surface area contributed by atoms with Gasteiger partial charge in [0.05, 0.1) is 0 Å². The maximum absolute atomic E-state index is 2.24. The molecule has 0 unspecified atom stereocenters. The highest BCUT2D eigenvalue weighted by molar-refractivity contribution is 6.24. The van der Waals surface area contributed by atoms with E-state index < -0.39 is 0 Å². The number of rotatable bonds is 0. The molecule has 0 spiro atoms. The van der Waals surface area contributed by atoms with Gasteiger partial charge in [-0.3, -0.25) is 0 Å². The third-order valence-electron chi connectivity index (χ3n) is 17.9. The van der Waals surface area contributed by atoms with Crippen molar-refractivity contribution in [3.63, 3.8) is 0 Å². The van der Waals surface area contributed by atoms with Crippen molar-refractivity contribution >= 4 is 151 Å². The molecule has 0 saturated carbocycles. The lowest BCUT2D eigenvalue weighted by Gasteiger charge is -2.09. The summed E-state index contributed by atoms with van der Waals surface area (Å²) in [7, 11) is 0. The van der Waals surface area contributed by atoms with Gasteiger partial charge in [-0.25, -0.2) is 0 Å². The van der Waals surface area contributed by atoms with Crippen LogP contribution < -0.4 is 0 Å². The van der Waals surface area contributed by atoms with Crippen molar-refractivity contribution in [2.45, 2.75) is 222 Å². The van der Waals surface area contributed by atoms with Gasteiger partial charge in [-0.2, -0.15) is 0 Å². The summed E-state index contributed by atoms with van der Waals surface area (Å²) in [6.45, 7) is 64.0. The van der Waals surface area contributed by atoms with E-state index in [-0.39, 0.29) is 0 Å². The second kappa shape index (κ2) is 74.2. The predicted octanol–water partition coefficient (Wildman–Crippen LogP) is 43.2. The molecule has 0 aliphatic carbocycles. The minimum Gasteiger partial charge on any atom is -0.0683 e. The maximum atomic E-state index is 2.24. The molecule has 126 heavy (non-hydrogen) atoms. The van der Waals surface area contributed by atoms with Crippen LogP contribution in [0.3, 0.4) is 0 Å². The first-order valence-electron chi connectivity index (χ1n) is 48.4. The lowest BCUT2D eigenvalue weighted by Crippen LogP contribution is -1.82. The number of benzene rings is 21. The highest BCUT2D eigenvalue weighted by Crippen LogP contribution is 2.36. The summed E-state index contributed by atoms with van der Waals surface area (Å²) in [5, 5.41) is 37.3. The largest absolute Gasteiger partial charge is 0.0683 e. The first kappa shape index (κ1) is 116. The molecule has 0 bridgehead atoms. The van der Waals surface area contributed by atoms with Gasteiger partial charge in [0.25, 0.3) is 0 Å². The first-order valence-corrected chi connectivity index (χ1v) is 48.4. The Morgan fingerprint density at radius 3 is 0.230 bits per heavy atom. The molecule has 0 nitrogen and oxygen atoms in total. The number of hydrogen-bond acceptors (Lipinski definition) is 0. The van der Waals surface area contributed by atoms with E-state index in [0.29, 0.717) is 0 Å². The number of hydrogen-bond donors (Lipinski definition) is 0. The van der Waals surface area contributed by atoms with Crippen molar-refractivity contribution in [2.75, 3.05) is 0 Å². The molecule has 0 amide bonds. The van der Waals surface area contributed by atoms with E-state index in [4.69, 9.17) is 0 Å². The van der Waals surface area contributed by atoms with Gasteiger partial charge in [-0.1, -0.05) is 586 Å². The summed E-state index contributed by atoms with van der Waals surface area (Å²) in [4.78, 5) is 0. The molecule has 0 fully saturated rings. The number of fused-ring (bicyclic) bond motifs is 8. The lowest BCUT2D eigenvalue weighted by atomic mass is 9.95. The van der Waals surface area contributed by atoms with Gasteiger partial charge >= 0.3 is 0 Å². The second-order valence-electron chi connectivity index (χ2n) is 23.9. The van der Waals surface area contributed by atoms with E-state index >= 15 is 0 Å². The van der Waals surface area contributed by atoms with Gasteiger partial charge in [0.15, 0.2) is 0 Å². The van der Waals surface area contributed by atoms with Crippen LogP contribution in [0.1, 0.15) is 222 Å². The molecule has 0 atom stereocenters. The third kappa shape index (κ3) is 35.1. The molecule has 666 valence electrons. The Morgan fingerprint density at radius 1 is 0.0714 bits per heavy atom. The Hall–Kier alpha value is -12.2.